The zero-order chi connectivity index (χ0) is 20.8. The Hall–Kier alpha value is -2.99. The lowest BCUT2D eigenvalue weighted by atomic mass is 10.1. The van der Waals surface area contributed by atoms with Crippen LogP contribution in [0.15, 0.2) is 70.2 Å². The molecule has 0 saturated heterocycles. The van der Waals surface area contributed by atoms with E-state index in [4.69, 9.17) is 4.42 Å². The monoisotopic (exact) mass is 408 g/mol. The van der Waals surface area contributed by atoms with Crippen molar-refractivity contribution in [3.63, 3.8) is 0 Å². The second-order valence-electron chi connectivity index (χ2n) is 6.77. The number of hydrogen-bond acceptors (Lipinski definition) is 4. The van der Waals surface area contributed by atoms with Gasteiger partial charge in [0, 0.05) is 11.9 Å². The fourth-order valence-electron chi connectivity index (χ4n) is 2.81. The van der Waals surface area contributed by atoms with E-state index in [2.05, 4.69) is 31.3 Å². The lowest BCUT2D eigenvalue weighted by Gasteiger charge is -2.20. The highest BCUT2D eigenvalue weighted by Crippen LogP contribution is 2.24. The maximum absolute atomic E-state index is 12.7. The summed E-state index contributed by atoms with van der Waals surface area (Å²) < 4.78 is 5.24. The van der Waals surface area contributed by atoms with Crippen molar-refractivity contribution in [2.24, 2.45) is 0 Å². The van der Waals surface area contributed by atoms with Crippen molar-refractivity contribution in [3.8, 4) is 0 Å². The third-order valence-electron chi connectivity index (χ3n) is 4.73. The number of nitrogens with one attached hydrogen (secondary N) is 1. The van der Waals surface area contributed by atoms with Crippen LogP contribution in [-0.2, 0) is 11.3 Å². The van der Waals surface area contributed by atoms with E-state index >= 15 is 0 Å². The summed E-state index contributed by atoms with van der Waals surface area (Å²) >= 11 is 1.49. The summed E-state index contributed by atoms with van der Waals surface area (Å²) in [4.78, 5) is 28.0. The lowest BCUT2D eigenvalue weighted by molar-refractivity contribution is -0.115. The number of amides is 2. The number of rotatable bonds is 7. The van der Waals surface area contributed by atoms with Gasteiger partial charge in [0.2, 0.25) is 5.91 Å². The quantitative estimate of drug-likeness (QED) is 0.581. The van der Waals surface area contributed by atoms with Crippen molar-refractivity contribution in [1.82, 2.24) is 5.32 Å². The standard InChI is InChI=1S/C23H24N2O3S/c1-16-10-11-19(13-17(16)2)29-15-22(26)25(3)21-9-5-4-8-20(21)23(27)24-14-18-7-6-12-28-18/h4-13H,14-15H2,1-3H3,(H,24,27). The van der Waals surface area contributed by atoms with Gasteiger partial charge < -0.3 is 14.6 Å². The van der Waals surface area contributed by atoms with Crippen LogP contribution in [0.5, 0.6) is 0 Å². The Morgan fingerprint density at radius 1 is 1.03 bits per heavy atom. The number of thioether (sulfide) groups is 1. The molecule has 0 radical (unpaired) electrons. The SMILES string of the molecule is Cc1ccc(SCC(=O)N(C)c2ccccc2C(=O)NCc2ccco2)cc1C. The Morgan fingerprint density at radius 2 is 1.83 bits per heavy atom. The van der Waals surface area contributed by atoms with Crippen molar-refractivity contribution in [1.29, 1.82) is 0 Å². The number of carbonyl (C=O) groups excluding carboxylic acids is 2. The van der Waals surface area contributed by atoms with Gasteiger partial charge in [-0.15, -0.1) is 11.8 Å². The summed E-state index contributed by atoms with van der Waals surface area (Å²) in [5, 5.41) is 2.83. The van der Waals surface area contributed by atoms with E-state index in [0.717, 1.165) is 4.90 Å². The maximum Gasteiger partial charge on any atom is 0.253 e. The van der Waals surface area contributed by atoms with Crippen LogP contribution in [0.25, 0.3) is 0 Å². The number of furan rings is 1. The normalized spacial score (nSPS) is 10.6. The van der Waals surface area contributed by atoms with Crippen molar-refractivity contribution < 1.29 is 14.0 Å². The minimum Gasteiger partial charge on any atom is -0.467 e. The van der Waals surface area contributed by atoms with Gasteiger partial charge in [-0.3, -0.25) is 9.59 Å². The van der Waals surface area contributed by atoms with Gasteiger partial charge in [0.1, 0.15) is 5.76 Å². The van der Waals surface area contributed by atoms with Gasteiger partial charge in [-0.2, -0.15) is 0 Å². The molecule has 29 heavy (non-hydrogen) atoms. The molecular formula is C23H24N2O3S. The summed E-state index contributed by atoms with van der Waals surface area (Å²) in [6.45, 7) is 4.42. The number of nitrogens with zero attached hydrogens (tertiary/aromatic N) is 1. The number of anilines is 1. The smallest absolute Gasteiger partial charge is 0.253 e. The highest BCUT2D eigenvalue weighted by Gasteiger charge is 2.18. The van der Waals surface area contributed by atoms with E-state index in [9.17, 15) is 9.59 Å². The largest absolute Gasteiger partial charge is 0.467 e. The third-order valence-corrected chi connectivity index (χ3v) is 5.71. The minimum absolute atomic E-state index is 0.0699. The highest BCUT2D eigenvalue weighted by atomic mass is 32.2. The van der Waals surface area contributed by atoms with Gasteiger partial charge in [-0.05, 0) is 61.4 Å². The predicted octanol–water partition coefficient (Wildman–Crippen LogP) is 4.58. The Morgan fingerprint density at radius 3 is 2.55 bits per heavy atom. The Bertz CT molecular complexity index is 999. The number of carbonyl (C=O) groups is 2. The molecule has 0 saturated carbocycles. The summed E-state index contributed by atoms with van der Waals surface area (Å²) in [7, 11) is 1.70. The molecule has 150 valence electrons. The first-order valence-corrected chi connectivity index (χ1v) is 10.3. The van der Waals surface area contributed by atoms with E-state index in [1.165, 1.54) is 27.8 Å². The number of para-hydroxylation sites is 1. The van der Waals surface area contributed by atoms with Crippen molar-refractivity contribution in [3.05, 3.63) is 83.3 Å². The summed E-state index contributed by atoms with van der Waals surface area (Å²) in [6, 6.07) is 16.8. The molecule has 0 fully saturated rings. The Kier molecular flexibility index (Phi) is 6.77. The lowest BCUT2D eigenvalue weighted by Crippen LogP contribution is -2.31. The third kappa shape index (κ3) is 5.29. The van der Waals surface area contributed by atoms with Crippen LogP contribution in [0.2, 0.25) is 0 Å². The van der Waals surface area contributed by atoms with Gasteiger partial charge in [-0.1, -0.05) is 18.2 Å². The molecule has 0 aliphatic rings. The summed E-state index contributed by atoms with van der Waals surface area (Å²) in [5.74, 6) is 0.643. The zero-order valence-corrected chi connectivity index (χ0v) is 17.6. The summed E-state index contributed by atoms with van der Waals surface area (Å²) in [6.07, 6.45) is 1.56. The van der Waals surface area contributed by atoms with Gasteiger partial charge >= 0.3 is 0 Å². The van der Waals surface area contributed by atoms with Crippen LogP contribution >= 0.6 is 11.8 Å². The van der Waals surface area contributed by atoms with Gasteiger partial charge in [-0.25, -0.2) is 0 Å². The first-order valence-electron chi connectivity index (χ1n) is 9.32. The predicted molar refractivity (Wildman–Crippen MR) is 116 cm³/mol. The van der Waals surface area contributed by atoms with E-state index in [0.29, 0.717) is 29.3 Å². The molecule has 2 aromatic carbocycles. The highest BCUT2D eigenvalue weighted by molar-refractivity contribution is 8.00. The fourth-order valence-corrected chi connectivity index (χ4v) is 3.72. The first-order chi connectivity index (χ1) is 14.0. The first kappa shape index (κ1) is 20.7. The van der Waals surface area contributed by atoms with Crippen molar-refractivity contribution in [2.75, 3.05) is 17.7 Å². The fraction of sp³-hybridized carbons (Fsp3) is 0.217. The number of hydrogen-bond donors (Lipinski definition) is 1. The second kappa shape index (κ2) is 9.47. The van der Waals surface area contributed by atoms with Crippen LogP contribution in [0.1, 0.15) is 27.2 Å². The molecule has 1 heterocycles. The molecule has 0 aliphatic carbocycles. The van der Waals surface area contributed by atoms with Gasteiger partial charge in [0.15, 0.2) is 0 Å². The van der Waals surface area contributed by atoms with Crippen LogP contribution in [0.3, 0.4) is 0 Å². The van der Waals surface area contributed by atoms with Gasteiger partial charge in [0.05, 0.1) is 29.8 Å². The van der Waals surface area contributed by atoms with Crippen LogP contribution in [0.4, 0.5) is 5.69 Å². The van der Waals surface area contributed by atoms with Crippen molar-refractivity contribution >= 4 is 29.3 Å². The number of aryl methyl sites for hydroxylation is 2. The Labute approximate surface area is 175 Å². The molecule has 0 unspecified atom stereocenters. The average Bonchev–Trinajstić information content (AvgIpc) is 3.25. The molecule has 3 rings (SSSR count). The number of benzene rings is 2. The molecule has 0 aliphatic heterocycles. The van der Waals surface area contributed by atoms with E-state index in [-0.39, 0.29) is 11.8 Å². The Balaban J connectivity index is 1.66. The molecule has 0 atom stereocenters. The zero-order valence-electron chi connectivity index (χ0n) is 16.8. The molecule has 3 aromatic rings. The summed E-state index contributed by atoms with van der Waals surface area (Å²) in [5.41, 5.74) is 3.46. The molecule has 2 amide bonds. The molecule has 0 bridgehead atoms. The van der Waals surface area contributed by atoms with E-state index < -0.39 is 0 Å². The molecule has 6 heteroatoms. The van der Waals surface area contributed by atoms with Crippen molar-refractivity contribution in [2.45, 2.75) is 25.3 Å². The average molecular weight is 409 g/mol. The molecule has 5 nitrogen and oxygen atoms in total. The second-order valence-corrected chi connectivity index (χ2v) is 7.82. The van der Waals surface area contributed by atoms with Crippen LogP contribution in [0, 0.1) is 13.8 Å². The van der Waals surface area contributed by atoms with Crippen LogP contribution < -0.4 is 10.2 Å². The van der Waals surface area contributed by atoms with E-state index in [1.54, 1.807) is 43.6 Å². The van der Waals surface area contributed by atoms with E-state index in [1.807, 2.05) is 12.1 Å². The molecular weight excluding hydrogens is 384 g/mol. The minimum atomic E-state index is -0.251. The maximum atomic E-state index is 12.7. The molecule has 1 N–H and O–H groups in total. The molecule has 1 aromatic heterocycles. The molecule has 0 spiro atoms. The van der Waals surface area contributed by atoms with Gasteiger partial charge in [0.25, 0.3) is 5.91 Å². The topological polar surface area (TPSA) is 62.6 Å². The van der Waals surface area contributed by atoms with Crippen LogP contribution in [-0.4, -0.2) is 24.6 Å².